The lowest BCUT2D eigenvalue weighted by Gasteiger charge is -2.23. The molecule has 1 atom stereocenters. The van der Waals surface area contributed by atoms with Crippen molar-refractivity contribution in [1.29, 1.82) is 0 Å². The van der Waals surface area contributed by atoms with Crippen LogP contribution in [0.2, 0.25) is 5.02 Å². The molecule has 2 N–H and O–H groups in total. The Morgan fingerprint density at radius 2 is 1.82 bits per heavy atom. The van der Waals surface area contributed by atoms with Gasteiger partial charge in [0.05, 0.1) is 29.5 Å². The highest BCUT2D eigenvalue weighted by Gasteiger charge is 2.20. The smallest absolute Gasteiger partial charge is 0.338 e. The van der Waals surface area contributed by atoms with E-state index in [2.05, 4.69) is 5.32 Å². The van der Waals surface area contributed by atoms with Crippen LogP contribution in [0.15, 0.2) is 48.5 Å². The number of quaternary nitrogens is 1. The van der Waals surface area contributed by atoms with Crippen LogP contribution in [0.5, 0.6) is 0 Å². The monoisotopic (exact) mass is 403 g/mol. The zero-order valence-corrected chi connectivity index (χ0v) is 16.5. The molecular weight excluding hydrogens is 380 g/mol. The summed E-state index contributed by atoms with van der Waals surface area (Å²) in [5, 5.41) is 3.08. The number of hydrogen-bond acceptors (Lipinski definition) is 4. The number of anilines is 1. The molecule has 0 bridgehead atoms. The summed E-state index contributed by atoms with van der Waals surface area (Å²) in [4.78, 5) is 26.0. The average molecular weight is 404 g/mol. The van der Waals surface area contributed by atoms with E-state index in [1.54, 1.807) is 36.4 Å². The molecule has 1 amide bonds. The minimum atomic E-state index is -0.943. The van der Waals surface area contributed by atoms with Gasteiger partial charge in [-0.05, 0) is 31.2 Å². The molecule has 2 aromatic carbocycles. The molecule has 1 saturated heterocycles. The molecule has 1 aliphatic heterocycles. The number of amides is 1. The van der Waals surface area contributed by atoms with Crippen LogP contribution in [0.1, 0.15) is 22.8 Å². The maximum atomic E-state index is 12.3. The van der Waals surface area contributed by atoms with Crippen LogP contribution < -0.4 is 10.2 Å². The number of morpholine rings is 1. The van der Waals surface area contributed by atoms with E-state index in [4.69, 9.17) is 21.1 Å². The highest BCUT2D eigenvalue weighted by atomic mass is 35.5. The molecule has 2 aromatic rings. The van der Waals surface area contributed by atoms with Gasteiger partial charge in [-0.3, -0.25) is 4.79 Å². The molecule has 148 valence electrons. The lowest BCUT2D eigenvalue weighted by molar-refractivity contribution is -0.921. The van der Waals surface area contributed by atoms with E-state index < -0.39 is 18.0 Å². The van der Waals surface area contributed by atoms with Crippen molar-refractivity contribution < 1.29 is 24.0 Å². The minimum absolute atomic E-state index is 0.415. The largest absolute Gasteiger partial charge is 0.449 e. The number of nitrogens with one attached hydrogen (secondary N) is 2. The SMILES string of the molecule is C[C@H](OC(=O)c1ccc(C[NH+]2CCOCC2)cc1)C(=O)Nc1ccccc1Cl. The Balaban J connectivity index is 1.53. The van der Waals surface area contributed by atoms with Gasteiger partial charge in [-0.15, -0.1) is 0 Å². The second kappa shape index (κ2) is 9.68. The van der Waals surface area contributed by atoms with E-state index in [0.717, 1.165) is 38.4 Å². The number of ether oxygens (including phenoxy) is 2. The van der Waals surface area contributed by atoms with Crippen molar-refractivity contribution in [3.05, 3.63) is 64.7 Å². The first-order chi connectivity index (χ1) is 13.5. The highest BCUT2D eigenvalue weighted by Crippen LogP contribution is 2.20. The van der Waals surface area contributed by atoms with Gasteiger partial charge in [0.1, 0.15) is 19.6 Å². The van der Waals surface area contributed by atoms with Crippen molar-refractivity contribution in [1.82, 2.24) is 0 Å². The van der Waals surface area contributed by atoms with Gasteiger partial charge in [0.2, 0.25) is 0 Å². The van der Waals surface area contributed by atoms with E-state index in [9.17, 15) is 9.59 Å². The first kappa shape index (κ1) is 20.3. The Morgan fingerprint density at radius 1 is 1.14 bits per heavy atom. The first-order valence-electron chi connectivity index (χ1n) is 9.29. The second-order valence-electron chi connectivity index (χ2n) is 6.75. The quantitative estimate of drug-likeness (QED) is 0.723. The van der Waals surface area contributed by atoms with E-state index in [-0.39, 0.29) is 0 Å². The number of benzene rings is 2. The number of carbonyl (C=O) groups is 2. The van der Waals surface area contributed by atoms with E-state index in [1.165, 1.54) is 11.8 Å². The predicted molar refractivity (Wildman–Crippen MR) is 107 cm³/mol. The third-order valence-electron chi connectivity index (χ3n) is 4.63. The van der Waals surface area contributed by atoms with Gasteiger partial charge < -0.3 is 19.7 Å². The van der Waals surface area contributed by atoms with Gasteiger partial charge in [-0.25, -0.2) is 4.79 Å². The molecule has 7 heteroatoms. The summed E-state index contributed by atoms with van der Waals surface area (Å²) in [5.41, 5.74) is 2.04. The third kappa shape index (κ3) is 5.55. The zero-order valence-electron chi connectivity index (χ0n) is 15.7. The summed E-state index contributed by atoms with van der Waals surface area (Å²) in [6.45, 7) is 5.97. The number of hydrogen-bond donors (Lipinski definition) is 2. The topological polar surface area (TPSA) is 69.1 Å². The summed E-state index contributed by atoms with van der Waals surface area (Å²) in [6, 6.07) is 14.2. The summed E-state index contributed by atoms with van der Waals surface area (Å²) < 4.78 is 10.7. The van der Waals surface area contributed by atoms with E-state index in [0.29, 0.717) is 16.3 Å². The molecule has 1 fully saturated rings. The van der Waals surface area contributed by atoms with Crippen LogP contribution in [0.3, 0.4) is 0 Å². The highest BCUT2D eigenvalue weighted by molar-refractivity contribution is 6.33. The van der Waals surface area contributed by atoms with Crippen molar-refractivity contribution >= 4 is 29.2 Å². The number of carbonyl (C=O) groups excluding carboxylic acids is 2. The summed E-state index contributed by atoms with van der Waals surface area (Å²) >= 11 is 6.03. The molecule has 0 aromatic heterocycles. The van der Waals surface area contributed by atoms with Crippen molar-refractivity contribution in [3.8, 4) is 0 Å². The van der Waals surface area contributed by atoms with Crippen LogP contribution in [0, 0.1) is 0 Å². The molecule has 1 heterocycles. The van der Waals surface area contributed by atoms with Gasteiger partial charge >= 0.3 is 5.97 Å². The normalized spacial score (nSPS) is 15.6. The second-order valence-corrected chi connectivity index (χ2v) is 7.16. The number of halogens is 1. The fourth-order valence-corrected chi connectivity index (χ4v) is 3.15. The Morgan fingerprint density at radius 3 is 2.50 bits per heavy atom. The number of esters is 1. The molecule has 0 aliphatic carbocycles. The maximum Gasteiger partial charge on any atom is 0.338 e. The Bertz CT molecular complexity index is 819. The first-order valence-corrected chi connectivity index (χ1v) is 9.67. The Labute approximate surface area is 169 Å². The van der Waals surface area contributed by atoms with Crippen molar-refractivity contribution in [2.24, 2.45) is 0 Å². The van der Waals surface area contributed by atoms with Crippen LogP contribution in [0.25, 0.3) is 0 Å². The van der Waals surface area contributed by atoms with Gasteiger partial charge in [0.15, 0.2) is 6.10 Å². The fraction of sp³-hybridized carbons (Fsp3) is 0.333. The molecule has 1 aliphatic rings. The standard InChI is InChI=1S/C21H23ClN2O4/c1-15(20(25)23-19-5-3-2-4-18(19)22)28-21(26)17-8-6-16(7-9-17)14-24-10-12-27-13-11-24/h2-9,15H,10-14H2,1H3,(H,23,25)/p+1/t15-/m0/s1. The van der Waals surface area contributed by atoms with Crippen LogP contribution >= 0.6 is 11.6 Å². The molecule has 0 saturated carbocycles. The maximum absolute atomic E-state index is 12.3. The van der Waals surface area contributed by atoms with Crippen LogP contribution in [0.4, 0.5) is 5.69 Å². The molecule has 0 unspecified atom stereocenters. The van der Waals surface area contributed by atoms with Gasteiger partial charge in [-0.1, -0.05) is 35.9 Å². The molecule has 6 nitrogen and oxygen atoms in total. The minimum Gasteiger partial charge on any atom is -0.449 e. The average Bonchev–Trinajstić information content (AvgIpc) is 2.71. The zero-order chi connectivity index (χ0) is 19.9. The van der Waals surface area contributed by atoms with Crippen LogP contribution in [-0.2, 0) is 20.8 Å². The fourth-order valence-electron chi connectivity index (χ4n) is 2.96. The Hall–Kier alpha value is -2.41. The third-order valence-corrected chi connectivity index (χ3v) is 4.96. The summed E-state index contributed by atoms with van der Waals surface area (Å²) in [6.07, 6.45) is -0.943. The van der Waals surface area contributed by atoms with Gasteiger partial charge in [-0.2, -0.15) is 0 Å². The Kier molecular flexibility index (Phi) is 7.03. The van der Waals surface area contributed by atoms with E-state index >= 15 is 0 Å². The number of para-hydroxylation sites is 1. The van der Waals surface area contributed by atoms with Crippen molar-refractivity contribution in [3.63, 3.8) is 0 Å². The van der Waals surface area contributed by atoms with Gasteiger partial charge in [0, 0.05) is 5.56 Å². The van der Waals surface area contributed by atoms with Crippen molar-refractivity contribution in [2.45, 2.75) is 19.6 Å². The van der Waals surface area contributed by atoms with E-state index in [1.807, 2.05) is 12.1 Å². The summed E-state index contributed by atoms with van der Waals surface area (Å²) in [7, 11) is 0. The van der Waals surface area contributed by atoms with Crippen molar-refractivity contribution in [2.75, 3.05) is 31.6 Å². The van der Waals surface area contributed by atoms with Gasteiger partial charge in [0.25, 0.3) is 5.91 Å². The molecule has 0 spiro atoms. The lowest BCUT2D eigenvalue weighted by atomic mass is 10.1. The molecule has 0 radical (unpaired) electrons. The summed E-state index contributed by atoms with van der Waals surface area (Å²) in [5.74, 6) is -0.971. The number of rotatable bonds is 6. The van der Waals surface area contributed by atoms with Crippen LogP contribution in [-0.4, -0.2) is 44.3 Å². The lowest BCUT2D eigenvalue weighted by Crippen LogP contribution is -3.12. The predicted octanol–water partition coefficient (Wildman–Crippen LogP) is 1.94. The molecule has 28 heavy (non-hydrogen) atoms. The molecule has 3 rings (SSSR count). The molecular formula is C21H24ClN2O4+.